The Hall–Kier alpha value is -1.79. The zero-order valence-electron chi connectivity index (χ0n) is 12.2. The van der Waals surface area contributed by atoms with E-state index < -0.39 is 0 Å². The van der Waals surface area contributed by atoms with Crippen LogP contribution in [0.2, 0.25) is 0 Å². The number of ether oxygens (including phenoxy) is 2. The van der Waals surface area contributed by atoms with Gasteiger partial charge in [0.25, 0.3) is 0 Å². The third-order valence-electron chi connectivity index (χ3n) is 3.92. The van der Waals surface area contributed by atoms with Gasteiger partial charge in [-0.25, -0.2) is 0 Å². The van der Waals surface area contributed by atoms with Crippen LogP contribution in [0.3, 0.4) is 0 Å². The van der Waals surface area contributed by atoms with Crippen molar-refractivity contribution in [2.75, 3.05) is 38.3 Å². The first kappa shape index (κ1) is 14.2. The highest BCUT2D eigenvalue weighted by Crippen LogP contribution is 2.34. The Bertz CT molecular complexity index is 521. The number of carbonyl (C=O) groups excluding carboxylic acids is 1. The average Bonchev–Trinajstić information content (AvgIpc) is 2.94. The van der Waals surface area contributed by atoms with E-state index in [4.69, 9.17) is 9.47 Å². The van der Waals surface area contributed by atoms with Crippen molar-refractivity contribution in [2.24, 2.45) is 0 Å². The first-order chi connectivity index (χ1) is 10.2. The fraction of sp³-hybridized carbons (Fsp3) is 0.533. The predicted molar refractivity (Wildman–Crippen MR) is 79.7 cm³/mol. The molecule has 1 aromatic rings. The van der Waals surface area contributed by atoms with Gasteiger partial charge in [-0.3, -0.25) is 9.69 Å². The quantitative estimate of drug-likeness (QED) is 0.868. The zero-order chi connectivity index (χ0) is 14.7. The number of piperazine rings is 1. The molecular weight excluding hydrogens is 270 g/mol. The molecular formula is C15H21N3O3. The second-order valence-electron chi connectivity index (χ2n) is 5.46. The second-order valence-corrected chi connectivity index (χ2v) is 5.46. The topological polar surface area (TPSA) is 62.8 Å². The summed E-state index contributed by atoms with van der Waals surface area (Å²) < 4.78 is 10.6. The van der Waals surface area contributed by atoms with E-state index in [2.05, 4.69) is 22.5 Å². The Morgan fingerprint density at radius 2 is 2.29 bits per heavy atom. The van der Waals surface area contributed by atoms with Crippen molar-refractivity contribution in [3.05, 3.63) is 18.2 Å². The van der Waals surface area contributed by atoms with Gasteiger partial charge < -0.3 is 20.1 Å². The zero-order valence-corrected chi connectivity index (χ0v) is 12.2. The lowest BCUT2D eigenvalue weighted by atomic mass is 10.2. The Kier molecular flexibility index (Phi) is 4.26. The van der Waals surface area contributed by atoms with Gasteiger partial charge in [-0.1, -0.05) is 0 Å². The van der Waals surface area contributed by atoms with E-state index >= 15 is 0 Å². The van der Waals surface area contributed by atoms with Crippen LogP contribution in [0, 0.1) is 0 Å². The highest BCUT2D eigenvalue weighted by atomic mass is 16.7. The second kappa shape index (κ2) is 6.32. The molecule has 6 heteroatoms. The summed E-state index contributed by atoms with van der Waals surface area (Å²) in [4.78, 5) is 14.4. The number of nitrogens with one attached hydrogen (secondary N) is 2. The summed E-state index contributed by atoms with van der Waals surface area (Å²) in [5, 5.41) is 6.26. The van der Waals surface area contributed by atoms with E-state index in [-0.39, 0.29) is 12.7 Å². The third kappa shape index (κ3) is 3.46. The molecule has 0 spiro atoms. The van der Waals surface area contributed by atoms with Crippen LogP contribution in [0.5, 0.6) is 11.5 Å². The predicted octanol–water partition coefficient (Wildman–Crippen LogP) is 1.04. The number of benzene rings is 1. The van der Waals surface area contributed by atoms with Crippen LogP contribution in [-0.4, -0.2) is 49.8 Å². The lowest BCUT2D eigenvalue weighted by molar-refractivity contribution is -0.116. The molecule has 1 amide bonds. The summed E-state index contributed by atoms with van der Waals surface area (Å²) in [6, 6.07) is 5.93. The van der Waals surface area contributed by atoms with E-state index in [0.717, 1.165) is 37.6 Å². The number of nitrogens with zero attached hydrogens (tertiary/aromatic N) is 1. The van der Waals surface area contributed by atoms with Crippen LogP contribution in [0.15, 0.2) is 18.2 Å². The lowest BCUT2D eigenvalue weighted by Gasteiger charge is -2.33. The molecule has 114 valence electrons. The van der Waals surface area contributed by atoms with Gasteiger partial charge in [0.2, 0.25) is 12.7 Å². The molecule has 0 bridgehead atoms. The maximum absolute atomic E-state index is 12.0. The molecule has 1 atom stereocenters. The third-order valence-corrected chi connectivity index (χ3v) is 3.92. The monoisotopic (exact) mass is 291 g/mol. The molecule has 21 heavy (non-hydrogen) atoms. The molecule has 2 aliphatic rings. The van der Waals surface area contributed by atoms with Crippen LogP contribution in [-0.2, 0) is 4.79 Å². The molecule has 1 fully saturated rings. The normalized spacial score (nSPS) is 21.3. The summed E-state index contributed by atoms with van der Waals surface area (Å²) >= 11 is 0. The van der Waals surface area contributed by atoms with Gasteiger partial charge in [-0.15, -0.1) is 0 Å². The number of fused-ring (bicyclic) bond motifs is 1. The number of amides is 1. The first-order valence-corrected chi connectivity index (χ1v) is 7.36. The summed E-state index contributed by atoms with van der Waals surface area (Å²) in [5.74, 6) is 1.44. The Morgan fingerprint density at radius 1 is 1.43 bits per heavy atom. The van der Waals surface area contributed by atoms with Gasteiger partial charge in [0.05, 0.1) is 0 Å². The number of rotatable bonds is 4. The van der Waals surface area contributed by atoms with E-state index in [1.165, 1.54) is 0 Å². The summed E-state index contributed by atoms with van der Waals surface area (Å²) in [6.07, 6.45) is 0.499. The molecule has 0 aromatic heterocycles. The van der Waals surface area contributed by atoms with E-state index in [0.29, 0.717) is 18.2 Å². The van der Waals surface area contributed by atoms with Crippen LogP contribution in [0.1, 0.15) is 13.3 Å². The van der Waals surface area contributed by atoms with E-state index in [1.54, 1.807) is 6.07 Å². The van der Waals surface area contributed by atoms with Crippen molar-refractivity contribution in [3.63, 3.8) is 0 Å². The van der Waals surface area contributed by atoms with Gasteiger partial charge in [-0.2, -0.15) is 0 Å². The van der Waals surface area contributed by atoms with E-state index in [9.17, 15) is 4.79 Å². The van der Waals surface area contributed by atoms with Gasteiger partial charge >= 0.3 is 0 Å². The highest BCUT2D eigenvalue weighted by Gasteiger charge is 2.19. The Labute approximate surface area is 124 Å². The van der Waals surface area contributed by atoms with Gasteiger partial charge in [0.1, 0.15) is 0 Å². The van der Waals surface area contributed by atoms with Gasteiger partial charge in [0, 0.05) is 50.4 Å². The summed E-state index contributed by atoms with van der Waals surface area (Å²) in [6.45, 7) is 6.20. The Balaban J connectivity index is 1.50. The summed E-state index contributed by atoms with van der Waals surface area (Å²) in [7, 11) is 0. The minimum absolute atomic E-state index is 0.0274. The number of hydrogen-bond donors (Lipinski definition) is 2. The molecule has 0 radical (unpaired) electrons. The maximum atomic E-state index is 12.0. The smallest absolute Gasteiger partial charge is 0.231 e. The van der Waals surface area contributed by atoms with Crippen molar-refractivity contribution in [1.82, 2.24) is 10.2 Å². The largest absolute Gasteiger partial charge is 0.454 e. The van der Waals surface area contributed by atoms with Crippen molar-refractivity contribution < 1.29 is 14.3 Å². The molecule has 0 aliphatic carbocycles. The Morgan fingerprint density at radius 3 is 3.14 bits per heavy atom. The molecule has 1 saturated heterocycles. The van der Waals surface area contributed by atoms with Crippen molar-refractivity contribution in [2.45, 2.75) is 19.4 Å². The first-order valence-electron chi connectivity index (χ1n) is 7.36. The highest BCUT2D eigenvalue weighted by molar-refractivity contribution is 5.91. The molecule has 0 unspecified atom stereocenters. The minimum atomic E-state index is 0.0274. The lowest BCUT2D eigenvalue weighted by Crippen LogP contribution is -2.50. The molecule has 6 nitrogen and oxygen atoms in total. The van der Waals surface area contributed by atoms with Crippen LogP contribution in [0.25, 0.3) is 0 Å². The van der Waals surface area contributed by atoms with Crippen LogP contribution in [0.4, 0.5) is 5.69 Å². The van der Waals surface area contributed by atoms with E-state index in [1.807, 2.05) is 12.1 Å². The van der Waals surface area contributed by atoms with Crippen LogP contribution < -0.4 is 20.1 Å². The fourth-order valence-corrected chi connectivity index (χ4v) is 2.66. The van der Waals surface area contributed by atoms with Gasteiger partial charge in [0.15, 0.2) is 11.5 Å². The van der Waals surface area contributed by atoms with Crippen molar-refractivity contribution in [1.29, 1.82) is 0 Å². The molecule has 2 aliphatic heterocycles. The molecule has 0 saturated carbocycles. The van der Waals surface area contributed by atoms with Crippen LogP contribution >= 0.6 is 0 Å². The minimum Gasteiger partial charge on any atom is -0.454 e. The molecule has 1 aromatic carbocycles. The number of carbonyl (C=O) groups is 1. The van der Waals surface area contributed by atoms with Gasteiger partial charge in [-0.05, 0) is 19.1 Å². The molecule has 2 heterocycles. The van der Waals surface area contributed by atoms with Crippen molar-refractivity contribution >= 4 is 11.6 Å². The average molecular weight is 291 g/mol. The number of hydrogen-bond acceptors (Lipinski definition) is 5. The molecule has 3 rings (SSSR count). The maximum Gasteiger partial charge on any atom is 0.231 e. The number of anilines is 1. The standard InChI is InChI=1S/C15H21N3O3/c1-11-9-16-5-7-18(11)6-4-15(19)17-12-2-3-13-14(8-12)21-10-20-13/h2-3,8,11,16H,4-7,9-10H2,1H3,(H,17,19)/t11-/m0/s1. The van der Waals surface area contributed by atoms with Crippen molar-refractivity contribution in [3.8, 4) is 11.5 Å². The fourth-order valence-electron chi connectivity index (χ4n) is 2.66. The SMILES string of the molecule is C[C@H]1CNCCN1CCC(=O)Nc1ccc2c(c1)OCO2. The molecule has 2 N–H and O–H groups in total. The summed E-state index contributed by atoms with van der Waals surface area (Å²) in [5.41, 5.74) is 0.748.